The first-order chi connectivity index (χ1) is 10.2. The summed E-state index contributed by atoms with van der Waals surface area (Å²) >= 11 is 6.03. The number of hydrogen-bond donors (Lipinski definition) is 1. The molecule has 0 saturated carbocycles. The van der Waals surface area contributed by atoms with Gasteiger partial charge in [0, 0.05) is 25.3 Å². The van der Waals surface area contributed by atoms with Crippen molar-refractivity contribution >= 4 is 34.4 Å². The van der Waals surface area contributed by atoms with Gasteiger partial charge in [-0.15, -0.1) is 22.7 Å². The van der Waals surface area contributed by atoms with E-state index in [1.807, 2.05) is 22.7 Å². The lowest BCUT2D eigenvalue weighted by molar-refractivity contribution is 0.605. The standard InChI is InChI=1S/C17H23NS3/c1-4-6-18-17(14-8-11(2)20-12(14)3)16-9-13-10-19-7-5-15(13)21-16/h8-9,17-18H,4-7,10H2,1-3H3. The third kappa shape index (κ3) is 3.39. The van der Waals surface area contributed by atoms with Crippen LogP contribution in [0.15, 0.2) is 12.1 Å². The molecule has 3 rings (SSSR count). The molecule has 2 aromatic rings. The van der Waals surface area contributed by atoms with Crippen molar-refractivity contribution in [1.82, 2.24) is 5.32 Å². The van der Waals surface area contributed by atoms with Gasteiger partial charge < -0.3 is 5.32 Å². The highest BCUT2D eigenvalue weighted by Crippen LogP contribution is 2.38. The number of aryl methyl sites for hydroxylation is 3. The molecule has 1 N–H and O–H groups in total. The molecule has 3 heterocycles. The molecule has 1 aliphatic rings. The van der Waals surface area contributed by atoms with Crippen LogP contribution in [0.4, 0.5) is 0 Å². The van der Waals surface area contributed by atoms with Crippen LogP contribution in [0.1, 0.15) is 50.0 Å². The highest BCUT2D eigenvalue weighted by Gasteiger charge is 2.22. The van der Waals surface area contributed by atoms with E-state index in [1.54, 1.807) is 10.4 Å². The maximum atomic E-state index is 3.78. The average molecular weight is 338 g/mol. The van der Waals surface area contributed by atoms with Crippen LogP contribution in [-0.2, 0) is 12.2 Å². The minimum Gasteiger partial charge on any atom is -0.306 e. The lowest BCUT2D eigenvalue weighted by Crippen LogP contribution is -2.22. The SMILES string of the molecule is CCCNC(c1cc2c(s1)CCSC2)c1cc(C)sc1C. The summed E-state index contributed by atoms with van der Waals surface area (Å²) in [6.45, 7) is 7.80. The van der Waals surface area contributed by atoms with Gasteiger partial charge in [0.15, 0.2) is 0 Å². The number of rotatable bonds is 5. The second kappa shape index (κ2) is 6.86. The van der Waals surface area contributed by atoms with Gasteiger partial charge in [0.1, 0.15) is 0 Å². The molecule has 0 bridgehead atoms. The fraction of sp³-hybridized carbons (Fsp3) is 0.529. The molecule has 1 aliphatic heterocycles. The molecule has 21 heavy (non-hydrogen) atoms. The van der Waals surface area contributed by atoms with E-state index < -0.39 is 0 Å². The Labute approximate surface area is 140 Å². The summed E-state index contributed by atoms with van der Waals surface area (Å²) in [7, 11) is 0. The van der Waals surface area contributed by atoms with Gasteiger partial charge in [-0.2, -0.15) is 11.8 Å². The molecular weight excluding hydrogens is 314 g/mol. The minimum atomic E-state index is 0.385. The van der Waals surface area contributed by atoms with E-state index in [0.29, 0.717) is 6.04 Å². The molecule has 1 atom stereocenters. The van der Waals surface area contributed by atoms with Crippen molar-refractivity contribution in [2.24, 2.45) is 0 Å². The van der Waals surface area contributed by atoms with Crippen LogP contribution in [0, 0.1) is 13.8 Å². The Hall–Kier alpha value is -0.290. The normalized spacial score (nSPS) is 16.0. The second-order valence-corrected chi connectivity index (χ2v) is 9.39. The molecule has 114 valence electrons. The quantitative estimate of drug-likeness (QED) is 0.794. The monoisotopic (exact) mass is 337 g/mol. The van der Waals surface area contributed by atoms with E-state index in [4.69, 9.17) is 0 Å². The van der Waals surface area contributed by atoms with E-state index in [-0.39, 0.29) is 0 Å². The summed E-state index contributed by atoms with van der Waals surface area (Å²) < 4.78 is 0. The average Bonchev–Trinajstić information content (AvgIpc) is 3.03. The van der Waals surface area contributed by atoms with Crippen molar-refractivity contribution in [3.05, 3.63) is 42.8 Å². The maximum Gasteiger partial charge on any atom is 0.0682 e. The van der Waals surface area contributed by atoms with Gasteiger partial charge in [-0.25, -0.2) is 0 Å². The van der Waals surface area contributed by atoms with Gasteiger partial charge in [0.25, 0.3) is 0 Å². The first kappa shape index (κ1) is 15.6. The maximum absolute atomic E-state index is 3.78. The third-order valence-corrected chi connectivity index (χ3v) is 7.21. The molecule has 0 amide bonds. The predicted molar refractivity (Wildman–Crippen MR) is 98.1 cm³/mol. The molecule has 0 aromatic carbocycles. The van der Waals surface area contributed by atoms with Crippen molar-refractivity contribution in [1.29, 1.82) is 0 Å². The Kier molecular flexibility index (Phi) is 5.10. The van der Waals surface area contributed by atoms with E-state index in [0.717, 1.165) is 6.54 Å². The molecular formula is C17H23NS3. The van der Waals surface area contributed by atoms with E-state index in [1.165, 1.54) is 44.5 Å². The van der Waals surface area contributed by atoms with E-state index in [9.17, 15) is 0 Å². The molecule has 0 spiro atoms. The molecule has 0 saturated heterocycles. The summed E-state index contributed by atoms with van der Waals surface area (Å²) in [5.41, 5.74) is 3.07. The van der Waals surface area contributed by atoms with Crippen LogP contribution in [0.3, 0.4) is 0 Å². The van der Waals surface area contributed by atoms with Gasteiger partial charge in [-0.1, -0.05) is 6.92 Å². The number of fused-ring (bicyclic) bond motifs is 1. The van der Waals surface area contributed by atoms with Crippen LogP contribution in [-0.4, -0.2) is 12.3 Å². The fourth-order valence-electron chi connectivity index (χ4n) is 2.90. The van der Waals surface area contributed by atoms with Gasteiger partial charge >= 0.3 is 0 Å². The van der Waals surface area contributed by atoms with Crippen LogP contribution < -0.4 is 5.32 Å². The first-order valence-electron chi connectivity index (χ1n) is 7.68. The summed E-state index contributed by atoms with van der Waals surface area (Å²) in [6, 6.07) is 5.22. The highest BCUT2D eigenvalue weighted by atomic mass is 32.2. The van der Waals surface area contributed by atoms with Crippen LogP contribution in [0.25, 0.3) is 0 Å². The third-order valence-electron chi connectivity index (χ3n) is 3.92. The molecule has 1 nitrogen and oxygen atoms in total. The summed E-state index contributed by atoms with van der Waals surface area (Å²) in [6.07, 6.45) is 2.44. The second-order valence-electron chi connectivity index (χ2n) is 5.66. The Morgan fingerprint density at radius 1 is 1.24 bits per heavy atom. The van der Waals surface area contributed by atoms with Crippen LogP contribution >= 0.6 is 34.4 Å². The Morgan fingerprint density at radius 2 is 2.10 bits per heavy atom. The van der Waals surface area contributed by atoms with Crippen molar-refractivity contribution < 1.29 is 0 Å². The zero-order valence-corrected chi connectivity index (χ0v) is 15.4. The zero-order chi connectivity index (χ0) is 14.8. The van der Waals surface area contributed by atoms with E-state index in [2.05, 4.69) is 50.0 Å². The molecule has 1 unspecified atom stereocenters. The molecule has 0 radical (unpaired) electrons. The lowest BCUT2D eigenvalue weighted by atomic mass is 10.0. The lowest BCUT2D eigenvalue weighted by Gasteiger charge is -2.17. The summed E-state index contributed by atoms with van der Waals surface area (Å²) in [4.78, 5) is 6.01. The van der Waals surface area contributed by atoms with Crippen molar-refractivity contribution in [2.75, 3.05) is 12.3 Å². The molecule has 4 heteroatoms. The first-order valence-corrected chi connectivity index (χ1v) is 10.5. The van der Waals surface area contributed by atoms with Crippen LogP contribution in [0.2, 0.25) is 0 Å². The number of hydrogen-bond acceptors (Lipinski definition) is 4. The topological polar surface area (TPSA) is 12.0 Å². The van der Waals surface area contributed by atoms with Gasteiger partial charge in [0.05, 0.1) is 6.04 Å². The van der Waals surface area contributed by atoms with Gasteiger partial charge in [-0.3, -0.25) is 0 Å². The number of thiophene rings is 2. The summed E-state index contributed by atoms with van der Waals surface area (Å²) in [5.74, 6) is 2.49. The fourth-order valence-corrected chi connectivity index (χ4v) is 6.34. The Balaban J connectivity index is 1.95. The van der Waals surface area contributed by atoms with Crippen molar-refractivity contribution in [2.45, 2.75) is 45.4 Å². The number of thioether (sulfide) groups is 1. The molecule has 0 aliphatic carbocycles. The Bertz CT molecular complexity index is 588. The van der Waals surface area contributed by atoms with Gasteiger partial charge in [-0.05, 0) is 62.2 Å². The molecule has 2 aromatic heterocycles. The smallest absolute Gasteiger partial charge is 0.0682 e. The zero-order valence-electron chi connectivity index (χ0n) is 13.0. The minimum absolute atomic E-state index is 0.385. The van der Waals surface area contributed by atoms with Crippen molar-refractivity contribution in [3.8, 4) is 0 Å². The van der Waals surface area contributed by atoms with Crippen LogP contribution in [0.5, 0.6) is 0 Å². The van der Waals surface area contributed by atoms with Gasteiger partial charge in [0.2, 0.25) is 0 Å². The summed E-state index contributed by atoms with van der Waals surface area (Å²) in [5, 5.41) is 3.78. The largest absolute Gasteiger partial charge is 0.306 e. The number of nitrogens with one attached hydrogen (secondary N) is 1. The molecule has 0 fully saturated rings. The highest BCUT2D eigenvalue weighted by molar-refractivity contribution is 7.98. The predicted octanol–water partition coefficient (Wildman–Crippen LogP) is 5.30. The van der Waals surface area contributed by atoms with E-state index >= 15 is 0 Å². The van der Waals surface area contributed by atoms with Crippen molar-refractivity contribution in [3.63, 3.8) is 0 Å². The Morgan fingerprint density at radius 3 is 2.76 bits per heavy atom.